The molecule has 1 atom stereocenters. The molecule has 1 unspecified atom stereocenters. The number of fused-ring (bicyclic) bond motifs is 1. The summed E-state index contributed by atoms with van der Waals surface area (Å²) in [6.07, 6.45) is 9.25. The van der Waals surface area contributed by atoms with Crippen molar-refractivity contribution in [2.24, 2.45) is 0 Å². The number of aryl methyl sites for hydroxylation is 2. The summed E-state index contributed by atoms with van der Waals surface area (Å²) in [6.45, 7) is 2.31. The molecular weight excluding hydrogens is 220 g/mol. The second-order valence-electron chi connectivity index (χ2n) is 5.70. The van der Waals surface area contributed by atoms with Crippen LogP contribution in [-0.2, 0) is 12.8 Å². The average Bonchev–Trinajstić information content (AvgIpc) is 2.87. The molecule has 0 radical (unpaired) electrons. The van der Waals surface area contributed by atoms with Gasteiger partial charge in [-0.1, -0.05) is 12.5 Å². The van der Waals surface area contributed by atoms with Gasteiger partial charge in [0.1, 0.15) is 0 Å². The Kier molecular flexibility index (Phi) is 3.84. The summed E-state index contributed by atoms with van der Waals surface area (Å²) in [5.74, 6) is 0. The van der Waals surface area contributed by atoms with E-state index in [2.05, 4.69) is 28.8 Å². The fourth-order valence-electron chi connectivity index (χ4n) is 3.24. The highest BCUT2D eigenvalue weighted by molar-refractivity contribution is 5.50. The molecule has 3 rings (SSSR count). The summed E-state index contributed by atoms with van der Waals surface area (Å²) >= 11 is 0. The quantitative estimate of drug-likeness (QED) is 0.850. The number of nitrogens with one attached hydrogen (secondary N) is 2. The van der Waals surface area contributed by atoms with Gasteiger partial charge in [-0.3, -0.25) is 0 Å². The van der Waals surface area contributed by atoms with Crippen molar-refractivity contribution < 1.29 is 0 Å². The van der Waals surface area contributed by atoms with E-state index in [0.717, 1.165) is 12.6 Å². The smallest absolute Gasteiger partial charge is 0.0343 e. The summed E-state index contributed by atoms with van der Waals surface area (Å²) in [5.41, 5.74) is 4.44. The standard InChI is InChI=1S/C16H24N2/c1-2-10-17-15(6-1)9-11-18-16-8-7-13-4-3-5-14(13)12-16/h7-8,12,15,17-18H,1-6,9-11H2. The summed E-state index contributed by atoms with van der Waals surface area (Å²) in [5, 5.41) is 7.19. The van der Waals surface area contributed by atoms with Crippen LogP contribution in [0.4, 0.5) is 5.69 Å². The van der Waals surface area contributed by atoms with Gasteiger partial charge in [0.05, 0.1) is 0 Å². The van der Waals surface area contributed by atoms with Gasteiger partial charge in [0.2, 0.25) is 0 Å². The molecule has 98 valence electrons. The molecule has 1 fully saturated rings. The lowest BCUT2D eigenvalue weighted by Crippen LogP contribution is -2.35. The SMILES string of the molecule is c1cc2c(cc1NCCC1CCCCN1)CCC2. The van der Waals surface area contributed by atoms with E-state index in [-0.39, 0.29) is 0 Å². The van der Waals surface area contributed by atoms with Gasteiger partial charge in [-0.05, 0) is 68.3 Å². The van der Waals surface area contributed by atoms with Gasteiger partial charge in [-0.15, -0.1) is 0 Å². The molecule has 1 aromatic carbocycles. The van der Waals surface area contributed by atoms with E-state index >= 15 is 0 Å². The first-order valence-corrected chi connectivity index (χ1v) is 7.51. The molecule has 0 bridgehead atoms. The Bertz CT molecular complexity index is 394. The highest BCUT2D eigenvalue weighted by Gasteiger charge is 2.12. The number of hydrogen-bond acceptors (Lipinski definition) is 2. The monoisotopic (exact) mass is 244 g/mol. The second kappa shape index (κ2) is 5.75. The van der Waals surface area contributed by atoms with E-state index in [1.54, 1.807) is 11.1 Å². The molecule has 0 aromatic heterocycles. The minimum absolute atomic E-state index is 0.737. The lowest BCUT2D eigenvalue weighted by atomic mass is 10.0. The van der Waals surface area contributed by atoms with Crippen LogP contribution in [-0.4, -0.2) is 19.1 Å². The highest BCUT2D eigenvalue weighted by atomic mass is 14.9. The minimum Gasteiger partial charge on any atom is -0.385 e. The van der Waals surface area contributed by atoms with E-state index in [0.29, 0.717) is 0 Å². The van der Waals surface area contributed by atoms with Gasteiger partial charge < -0.3 is 10.6 Å². The maximum atomic E-state index is 3.61. The van der Waals surface area contributed by atoms with Crippen LogP contribution in [0.25, 0.3) is 0 Å². The number of anilines is 1. The third kappa shape index (κ3) is 2.86. The number of piperidine rings is 1. The minimum atomic E-state index is 0.737. The molecule has 1 aliphatic heterocycles. The Hall–Kier alpha value is -1.02. The summed E-state index contributed by atoms with van der Waals surface area (Å²) < 4.78 is 0. The van der Waals surface area contributed by atoms with Crippen LogP contribution in [0.1, 0.15) is 43.2 Å². The molecule has 2 aliphatic rings. The molecule has 1 aliphatic carbocycles. The van der Waals surface area contributed by atoms with Crippen molar-refractivity contribution in [3.05, 3.63) is 29.3 Å². The van der Waals surface area contributed by atoms with Gasteiger partial charge in [-0.2, -0.15) is 0 Å². The molecule has 2 heteroatoms. The van der Waals surface area contributed by atoms with E-state index in [1.165, 1.54) is 57.2 Å². The zero-order chi connectivity index (χ0) is 12.2. The first-order chi connectivity index (χ1) is 8.92. The number of benzene rings is 1. The Morgan fingerprint density at radius 3 is 2.94 bits per heavy atom. The largest absolute Gasteiger partial charge is 0.385 e. The van der Waals surface area contributed by atoms with E-state index < -0.39 is 0 Å². The first-order valence-electron chi connectivity index (χ1n) is 7.51. The second-order valence-corrected chi connectivity index (χ2v) is 5.70. The number of hydrogen-bond donors (Lipinski definition) is 2. The zero-order valence-electron chi connectivity index (χ0n) is 11.2. The molecule has 18 heavy (non-hydrogen) atoms. The molecule has 2 N–H and O–H groups in total. The third-order valence-electron chi connectivity index (χ3n) is 4.33. The number of rotatable bonds is 4. The molecule has 0 saturated carbocycles. The van der Waals surface area contributed by atoms with Crippen LogP contribution in [0.5, 0.6) is 0 Å². The normalized spacial score (nSPS) is 22.8. The van der Waals surface area contributed by atoms with Gasteiger partial charge in [-0.25, -0.2) is 0 Å². The Morgan fingerprint density at radius 1 is 1.11 bits per heavy atom. The molecular formula is C16H24N2. The predicted octanol–water partition coefficient (Wildman–Crippen LogP) is 3.12. The Balaban J connectivity index is 1.48. The van der Waals surface area contributed by atoms with Crippen molar-refractivity contribution >= 4 is 5.69 Å². The van der Waals surface area contributed by atoms with Gasteiger partial charge in [0.15, 0.2) is 0 Å². The third-order valence-corrected chi connectivity index (χ3v) is 4.33. The summed E-state index contributed by atoms with van der Waals surface area (Å²) in [7, 11) is 0. The van der Waals surface area contributed by atoms with Gasteiger partial charge in [0, 0.05) is 18.3 Å². The lowest BCUT2D eigenvalue weighted by Gasteiger charge is -2.23. The Morgan fingerprint density at radius 2 is 2.06 bits per heavy atom. The lowest BCUT2D eigenvalue weighted by molar-refractivity contribution is 0.389. The van der Waals surface area contributed by atoms with Gasteiger partial charge >= 0.3 is 0 Å². The van der Waals surface area contributed by atoms with E-state index in [4.69, 9.17) is 0 Å². The van der Waals surface area contributed by atoms with Crippen molar-refractivity contribution in [1.82, 2.24) is 5.32 Å². The van der Waals surface area contributed by atoms with Crippen LogP contribution in [0.15, 0.2) is 18.2 Å². The van der Waals surface area contributed by atoms with Crippen LogP contribution < -0.4 is 10.6 Å². The highest BCUT2D eigenvalue weighted by Crippen LogP contribution is 2.24. The molecule has 1 heterocycles. The van der Waals surface area contributed by atoms with Crippen molar-refractivity contribution in [2.45, 2.75) is 51.0 Å². The zero-order valence-corrected chi connectivity index (χ0v) is 11.2. The first kappa shape index (κ1) is 12.0. The van der Waals surface area contributed by atoms with Gasteiger partial charge in [0.25, 0.3) is 0 Å². The van der Waals surface area contributed by atoms with Crippen LogP contribution in [0, 0.1) is 0 Å². The van der Waals surface area contributed by atoms with E-state index in [1.807, 2.05) is 0 Å². The maximum Gasteiger partial charge on any atom is 0.0343 e. The molecule has 0 amide bonds. The predicted molar refractivity (Wildman–Crippen MR) is 77.2 cm³/mol. The van der Waals surface area contributed by atoms with Crippen molar-refractivity contribution in [3.8, 4) is 0 Å². The van der Waals surface area contributed by atoms with Crippen LogP contribution >= 0.6 is 0 Å². The van der Waals surface area contributed by atoms with Crippen molar-refractivity contribution in [2.75, 3.05) is 18.4 Å². The van der Waals surface area contributed by atoms with Crippen LogP contribution in [0.3, 0.4) is 0 Å². The topological polar surface area (TPSA) is 24.1 Å². The molecule has 2 nitrogen and oxygen atoms in total. The molecule has 1 saturated heterocycles. The Labute approximate surface area is 110 Å². The van der Waals surface area contributed by atoms with Crippen LogP contribution in [0.2, 0.25) is 0 Å². The fourth-order valence-corrected chi connectivity index (χ4v) is 3.24. The summed E-state index contributed by atoms with van der Waals surface area (Å²) in [6, 6.07) is 7.65. The molecule has 1 aromatic rings. The molecule has 0 spiro atoms. The van der Waals surface area contributed by atoms with E-state index in [9.17, 15) is 0 Å². The fraction of sp³-hybridized carbons (Fsp3) is 0.625. The summed E-state index contributed by atoms with van der Waals surface area (Å²) in [4.78, 5) is 0. The van der Waals surface area contributed by atoms with Crippen molar-refractivity contribution in [3.63, 3.8) is 0 Å². The van der Waals surface area contributed by atoms with Crippen molar-refractivity contribution in [1.29, 1.82) is 0 Å². The average molecular weight is 244 g/mol. The maximum absolute atomic E-state index is 3.61.